The van der Waals surface area contributed by atoms with Crippen LogP contribution in [0, 0.1) is 11.8 Å². The molecule has 0 aliphatic carbocycles. The number of H-pyrrole nitrogens is 1. The van der Waals surface area contributed by atoms with Crippen molar-refractivity contribution in [3.8, 4) is 17.6 Å². The van der Waals surface area contributed by atoms with Crippen molar-refractivity contribution in [2.45, 2.75) is 0 Å². The molecule has 16 heavy (non-hydrogen) atoms. The summed E-state index contributed by atoms with van der Waals surface area (Å²) in [5.41, 5.74) is 1.37. The van der Waals surface area contributed by atoms with E-state index in [2.05, 4.69) is 10.9 Å². The summed E-state index contributed by atoms with van der Waals surface area (Å²) in [5.74, 6) is 3.48. The van der Waals surface area contributed by atoms with Crippen LogP contribution < -0.4 is 0 Å². The van der Waals surface area contributed by atoms with E-state index in [0.717, 1.165) is 5.52 Å². The highest BCUT2D eigenvalue weighted by atomic mass is 35.5. The van der Waals surface area contributed by atoms with Gasteiger partial charge in [-0.25, -0.2) is 4.79 Å². The Morgan fingerprint density at radius 2 is 2.12 bits per heavy atom. The number of hydrogen-bond acceptors (Lipinski definition) is 2. The van der Waals surface area contributed by atoms with E-state index in [1.807, 2.05) is 5.92 Å². The smallest absolute Gasteiger partial charge is 0.382 e. The number of hydrogen-bond donors (Lipinski definition) is 3. The predicted octanol–water partition coefficient (Wildman–Crippen LogP) is 1.73. The Bertz CT molecular complexity index is 592. The molecule has 2 rings (SSSR count). The van der Waals surface area contributed by atoms with Gasteiger partial charge in [0.2, 0.25) is 0 Å². The van der Waals surface area contributed by atoms with Gasteiger partial charge in [0, 0.05) is 23.0 Å². The average molecular weight is 238 g/mol. The number of carboxylic acid groups (broad SMARTS) is 1. The van der Waals surface area contributed by atoms with Gasteiger partial charge in [-0.1, -0.05) is 5.92 Å². The lowest BCUT2D eigenvalue weighted by atomic mass is 10.2. The van der Waals surface area contributed by atoms with Gasteiger partial charge in [0.05, 0.1) is 5.56 Å². The van der Waals surface area contributed by atoms with E-state index in [-0.39, 0.29) is 18.2 Å². The molecule has 0 radical (unpaired) electrons. The predicted molar refractivity (Wildman–Crippen MR) is 61.7 cm³/mol. The molecule has 0 aliphatic heterocycles. The highest BCUT2D eigenvalue weighted by molar-refractivity contribution is 5.91. The van der Waals surface area contributed by atoms with Crippen LogP contribution in [-0.4, -0.2) is 21.2 Å². The quantitative estimate of drug-likeness (QED) is 0.611. The van der Waals surface area contributed by atoms with Crippen LogP contribution in [0.15, 0.2) is 24.4 Å². The van der Waals surface area contributed by atoms with Crippen LogP contribution in [0.25, 0.3) is 10.9 Å². The Hall–Kier alpha value is -2.12. The number of aliphatic carboxylic acids is 1. The second-order valence-corrected chi connectivity index (χ2v) is 2.99. The number of carboxylic acids is 1. The lowest BCUT2D eigenvalue weighted by molar-refractivity contribution is -0.130. The zero-order chi connectivity index (χ0) is 10.8. The number of rotatable bonds is 0. The minimum atomic E-state index is -1.18. The SMILES string of the molecule is Cl.O=C(O)C#Cc1c[nH]c2ccc(O)cc12. The van der Waals surface area contributed by atoms with Gasteiger partial charge in [0.25, 0.3) is 0 Å². The summed E-state index contributed by atoms with van der Waals surface area (Å²) >= 11 is 0. The lowest BCUT2D eigenvalue weighted by Crippen LogP contribution is -1.86. The molecule has 5 heteroatoms. The number of phenols is 1. The van der Waals surface area contributed by atoms with E-state index in [0.29, 0.717) is 10.9 Å². The molecule has 0 spiro atoms. The standard InChI is InChI=1S/C11H7NO3.ClH/c13-8-2-3-10-9(5-8)7(6-12-10)1-4-11(14)15;/h2-3,5-6,12-13H,(H,14,15);1H. The van der Waals surface area contributed by atoms with Gasteiger partial charge >= 0.3 is 5.97 Å². The van der Waals surface area contributed by atoms with Gasteiger partial charge < -0.3 is 15.2 Å². The number of phenolic OH excluding ortho intramolecular Hbond substituents is 1. The monoisotopic (exact) mass is 237 g/mol. The first-order valence-corrected chi connectivity index (χ1v) is 4.22. The first-order chi connectivity index (χ1) is 7.16. The lowest BCUT2D eigenvalue weighted by Gasteiger charge is -1.92. The third-order valence-corrected chi connectivity index (χ3v) is 1.97. The van der Waals surface area contributed by atoms with E-state index < -0.39 is 5.97 Å². The number of aromatic nitrogens is 1. The maximum absolute atomic E-state index is 10.3. The van der Waals surface area contributed by atoms with Crippen molar-refractivity contribution in [2.24, 2.45) is 0 Å². The van der Waals surface area contributed by atoms with Crippen LogP contribution in [0.2, 0.25) is 0 Å². The molecule has 3 N–H and O–H groups in total. The van der Waals surface area contributed by atoms with Gasteiger partial charge in [-0.15, -0.1) is 12.4 Å². The molecule has 2 aromatic rings. The molecule has 4 nitrogen and oxygen atoms in total. The average Bonchev–Trinajstić information content (AvgIpc) is 2.57. The number of halogens is 1. The van der Waals surface area contributed by atoms with Crippen LogP contribution in [0.5, 0.6) is 5.75 Å². The Labute approximate surface area is 97.3 Å². The fourth-order valence-electron chi connectivity index (χ4n) is 1.33. The van der Waals surface area contributed by atoms with E-state index in [1.54, 1.807) is 18.3 Å². The Morgan fingerprint density at radius 3 is 2.81 bits per heavy atom. The first-order valence-electron chi connectivity index (χ1n) is 4.22. The molecule has 0 bridgehead atoms. The zero-order valence-corrected chi connectivity index (χ0v) is 8.84. The molecule has 1 heterocycles. The largest absolute Gasteiger partial charge is 0.508 e. The van der Waals surface area contributed by atoms with E-state index in [9.17, 15) is 9.90 Å². The molecular weight excluding hydrogens is 230 g/mol. The van der Waals surface area contributed by atoms with Crippen LogP contribution in [0.1, 0.15) is 5.56 Å². The topological polar surface area (TPSA) is 73.3 Å². The summed E-state index contributed by atoms with van der Waals surface area (Å²) in [5, 5.41) is 18.4. The van der Waals surface area contributed by atoms with Gasteiger partial charge in [0.1, 0.15) is 5.75 Å². The Balaban J connectivity index is 0.00000128. The third-order valence-electron chi connectivity index (χ3n) is 1.97. The fourth-order valence-corrected chi connectivity index (χ4v) is 1.33. The van der Waals surface area contributed by atoms with Gasteiger partial charge in [-0.05, 0) is 18.2 Å². The van der Waals surface area contributed by atoms with E-state index in [4.69, 9.17) is 5.11 Å². The van der Waals surface area contributed by atoms with Crippen LogP contribution in [-0.2, 0) is 4.79 Å². The summed E-state index contributed by atoms with van der Waals surface area (Å²) in [7, 11) is 0. The van der Waals surface area contributed by atoms with Crippen molar-refractivity contribution in [3.63, 3.8) is 0 Å². The van der Waals surface area contributed by atoms with Crippen molar-refractivity contribution in [2.75, 3.05) is 0 Å². The number of aromatic amines is 1. The van der Waals surface area contributed by atoms with Crippen LogP contribution in [0.3, 0.4) is 0 Å². The molecule has 0 amide bonds. The van der Waals surface area contributed by atoms with E-state index in [1.165, 1.54) is 6.07 Å². The molecule has 82 valence electrons. The highest BCUT2D eigenvalue weighted by Gasteiger charge is 2.01. The zero-order valence-electron chi connectivity index (χ0n) is 8.02. The summed E-state index contributed by atoms with van der Waals surface area (Å²) in [6, 6.07) is 4.79. The number of benzene rings is 1. The third kappa shape index (κ3) is 2.27. The van der Waals surface area contributed by atoms with E-state index >= 15 is 0 Å². The molecular formula is C11H8ClNO3. The highest BCUT2D eigenvalue weighted by Crippen LogP contribution is 2.21. The summed E-state index contributed by atoms with van der Waals surface area (Å²) in [6.07, 6.45) is 1.61. The van der Waals surface area contributed by atoms with Crippen molar-refractivity contribution in [1.82, 2.24) is 4.98 Å². The first kappa shape index (κ1) is 12.0. The Morgan fingerprint density at radius 1 is 1.38 bits per heavy atom. The molecule has 0 atom stereocenters. The second kappa shape index (κ2) is 4.60. The van der Waals surface area contributed by atoms with Crippen molar-refractivity contribution >= 4 is 29.3 Å². The summed E-state index contributed by atoms with van der Waals surface area (Å²) in [4.78, 5) is 13.2. The number of nitrogens with one attached hydrogen (secondary N) is 1. The molecule has 1 aromatic carbocycles. The summed E-state index contributed by atoms with van der Waals surface area (Å²) in [6.45, 7) is 0. The maximum Gasteiger partial charge on any atom is 0.382 e. The number of aromatic hydroxyl groups is 1. The number of fused-ring (bicyclic) bond motifs is 1. The van der Waals surface area contributed by atoms with Gasteiger partial charge in [-0.2, -0.15) is 0 Å². The van der Waals surface area contributed by atoms with Gasteiger partial charge in [-0.3, -0.25) is 0 Å². The van der Waals surface area contributed by atoms with Crippen molar-refractivity contribution < 1.29 is 15.0 Å². The fraction of sp³-hybridized carbons (Fsp3) is 0. The van der Waals surface area contributed by atoms with Gasteiger partial charge in [0.15, 0.2) is 0 Å². The minimum absolute atomic E-state index is 0. The van der Waals surface area contributed by atoms with Crippen molar-refractivity contribution in [3.05, 3.63) is 30.0 Å². The molecule has 0 fully saturated rings. The molecule has 1 aromatic heterocycles. The molecule has 0 unspecified atom stereocenters. The molecule has 0 saturated heterocycles. The maximum atomic E-state index is 10.3. The van der Waals surface area contributed by atoms with Crippen LogP contribution >= 0.6 is 12.4 Å². The van der Waals surface area contributed by atoms with Crippen molar-refractivity contribution in [1.29, 1.82) is 0 Å². The summed E-state index contributed by atoms with van der Waals surface area (Å²) < 4.78 is 0. The second-order valence-electron chi connectivity index (χ2n) is 2.99. The normalized spacial score (nSPS) is 9.00. The molecule has 0 saturated carbocycles. The minimum Gasteiger partial charge on any atom is -0.508 e. The number of carbonyl (C=O) groups is 1. The van der Waals surface area contributed by atoms with Crippen LogP contribution in [0.4, 0.5) is 0 Å². The molecule has 0 aliphatic rings. The Kier molecular flexibility index (Phi) is 3.44.